The SMILES string of the molecule is COc1cccc(CCN2CCN(C(=O)Nc3ccc(Cl)cc3C)CC2)c1. The first-order chi connectivity index (χ1) is 13.0. The van der Waals surface area contributed by atoms with E-state index in [9.17, 15) is 4.79 Å². The van der Waals surface area contributed by atoms with E-state index in [1.165, 1.54) is 5.56 Å². The van der Waals surface area contributed by atoms with Crippen LogP contribution in [-0.2, 0) is 6.42 Å². The van der Waals surface area contributed by atoms with Crippen LogP contribution in [0.1, 0.15) is 11.1 Å². The van der Waals surface area contributed by atoms with E-state index in [0.29, 0.717) is 5.02 Å². The summed E-state index contributed by atoms with van der Waals surface area (Å²) in [6, 6.07) is 13.6. The van der Waals surface area contributed by atoms with Crippen molar-refractivity contribution in [2.24, 2.45) is 0 Å². The van der Waals surface area contributed by atoms with E-state index >= 15 is 0 Å². The molecule has 6 heteroatoms. The number of methoxy groups -OCH3 is 1. The van der Waals surface area contributed by atoms with Gasteiger partial charge in [0, 0.05) is 43.4 Å². The number of hydrogen-bond acceptors (Lipinski definition) is 3. The average Bonchev–Trinajstić information content (AvgIpc) is 2.69. The van der Waals surface area contributed by atoms with Gasteiger partial charge in [-0.3, -0.25) is 4.90 Å². The molecule has 0 aromatic heterocycles. The number of carbonyl (C=O) groups excluding carboxylic acids is 1. The van der Waals surface area contributed by atoms with Crippen LogP contribution in [0.3, 0.4) is 0 Å². The van der Waals surface area contributed by atoms with Gasteiger partial charge in [-0.2, -0.15) is 0 Å². The van der Waals surface area contributed by atoms with E-state index in [-0.39, 0.29) is 6.03 Å². The number of hydrogen-bond donors (Lipinski definition) is 1. The number of carbonyl (C=O) groups is 1. The van der Waals surface area contributed by atoms with E-state index < -0.39 is 0 Å². The molecule has 1 heterocycles. The second-order valence-corrected chi connectivity index (χ2v) is 7.26. The zero-order chi connectivity index (χ0) is 19.2. The van der Waals surface area contributed by atoms with Gasteiger partial charge in [0.15, 0.2) is 0 Å². The number of ether oxygens (including phenoxy) is 1. The van der Waals surface area contributed by atoms with Gasteiger partial charge in [-0.1, -0.05) is 23.7 Å². The van der Waals surface area contributed by atoms with Gasteiger partial charge in [-0.15, -0.1) is 0 Å². The van der Waals surface area contributed by atoms with E-state index in [1.54, 1.807) is 13.2 Å². The van der Waals surface area contributed by atoms with Crippen molar-refractivity contribution in [3.63, 3.8) is 0 Å². The fourth-order valence-corrected chi connectivity index (χ4v) is 3.48. The zero-order valence-corrected chi connectivity index (χ0v) is 16.6. The Kier molecular flexibility index (Phi) is 6.58. The predicted molar refractivity (Wildman–Crippen MR) is 110 cm³/mol. The number of urea groups is 1. The summed E-state index contributed by atoms with van der Waals surface area (Å²) in [4.78, 5) is 16.8. The Labute approximate surface area is 165 Å². The molecular formula is C21H26ClN3O2. The molecule has 1 N–H and O–H groups in total. The number of aryl methyl sites for hydroxylation is 1. The van der Waals surface area contributed by atoms with Crippen molar-refractivity contribution in [2.45, 2.75) is 13.3 Å². The zero-order valence-electron chi connectivity index (χ0n) is 15.9. The molecule has 2 amide bonds. The van der Waals surface area contributed by atoms with Crippen LogP contribution in [-0.4, -0.2) is 55.7 Å². The lowest BCUT2D eigenvalue weighted by molar-refractivity contribution is 0.148. The molecule has 0 bridgehead atoms. The molecule has 0 saturated carbocycles. The van der Waals surface area contributed by atoms with E-state index in [1.807, 2.05) is 36.1 Å². The first-order valence-electron chi connectivity index (χ1n) is 9.22. The van der Waals surface area contributed by atoms with E-state index in [4.69, 9.17) is 16.3 Å². The largest absolute Gasteiger partial charge is 0.497 e. The smallest absolute Gasteiger partial charge is 0.321 e. The van der Waals surface area contributed by atoms with Crippen molar-refractivity contribution >= 4 is 23.3 Å². The van der Waals surface area contributed by atoms with Gasteiger partial charge in [-0.05, 0) is 54.8 Å². The van der Waals surface area contributed by atoms with Crippen LogP contribution in [0.25, 0.3) is 0 Å². The van der Waals surface area contributed by atoms with Crippen molar-refractivity contribution < 1.29 is 9.53 Å². The summed E-state index contributed by atoms with van der Waals surface area (Å²) in [6.45, 7) is 6.16. The Morgan fingerprint density at radius 3 is 2.63 bits per heavy atom. The summed E-state index contributed by atoms with van der Waals surface area (Å²) in [5.41, 5.74) is 3.05. The lowest BCUT2D eigenvalue weighted by atomic mass is 10.1. The molecule has 1 aliphatic heterocycles. The maximum atomic E-state index is 12.5. The van der Waals surface area contributed by atoms with Crippen LogP contribution >= 0.6 is 11.6 Å². The maximum absolute atomic E-state index is 12.5. The van der Waals surface area contributed by atoms with Crippen molar-refractivity contribution in [3.05, 3.63) is 58.6 Å². The minimum Gasteiger partial charge on any atom is -0.497 e. The monoisotopic (exact) mass is 387 g/mol. The first-order valence-corrected chi connectivity index (χ1v) is 9.60. The van der Waals surface area contributed by atoms with Gasteiger partial charge in [0.2, 0.25) is 0 Å². The quantitative estimate of drug-likeness (QED) is 0.841. The molecular weight excluding hydrogens is 362 g/mol. The Hall–Kier alpha value is -2.24. The highest BCUT2D eigenvalue weighted by atomic mass is 35.5. The summed E-state index contributed by atoms with van der Waals surface area (Å²) < 4.78 is 5.28. The molecule has 1 saturated heterocycles. The second-order valence-electron chi connectivity index (χ2n) is 6.82. The standard InChI is InChI=1S/C21H26ClN3O2/c1-16-14-18(22)6-7-20(16)23-21(26)25-12-10-24(11-13-25)9-8-17-4-3-5-19(15-17)27-2/h3-7,14-15H,8-13H2,1-2H3,(H,23,26). The molecule has 144 valence electrons. The highest BCUT2D eigenvalue weighted by Crippen LogP contribution is 2.20. The molecule has 0 atom stereocenters. The number of nitrogens with zero attached hydrogens (tertiary/aromatic N) is 2. The van der Waals surface area contributed by atoms with Crippen LogP contribution in [0.2, 0.25) is 5.02 Å². The molecule has 0 aliphatic carbocycles. The number of benzene rings is 2. The highest BCUT2D eigenvalue weighted by Gasteiger charge is 2.21. The summed E-state index contributed by atoms with van der Waals surface area (Å²) in [5.74, 6) is 0.895. The molecule has 3 rings (SSSR count). The van der Waals surface area contributed by atoms with Crippen molar-refractivity contribution in [3.8, 4) is 5.75 Å². The van der Waals surface area contributed by atoms with Crippen molar-refractivity contribution in [2.75, 3.05) is 45.2 Å². The summed E-state index contributed by atoms with van der Waals surface area (Å²) in [6.07, 6.45) is 0.980. The lowest BCUT2D eigenvalue weighted by Gasteiger charge is -2.34. The Balaban J connectivity index is 1.46. The fraction of sp³-hybridized carbons (Fsp3) is 0.381. The Morgan fingerprint density at radius 2 is 1.93 bits per heavy atom. The number of piperazine rings is 1. The lowest BCUT2D eigenvalue weighted by Crippen LogP contribution is -2.50. The molecule has 27 heavy (non-hydrogen) atoms. The molecule has 1 fully saturated rings. The van der Waals surface area contributed by atoms with Crippen LogP contribution < -0.4 is 10.1 Å². The topological polar surface area (TPSA) is 44.8 Å². The van der Waals surface area contributed by atoms with Gasteiger partial charge in [-0.25, -0.2) is 4.79 Å². The molecule has 5 nitrogen and oxygen atoms in total. The van der Waals surface area contributed by atoms with Gasteiger partial charge in [0.05, 0.1) is 7.11 Å². The summed E-state index contributed by atoms with van der Waals surface area (Å²) in [5, 5.41) is 3.66. The third-order valence-electron chi connectivity index (χ3n) is 4.94. The predicted octanol–water partition coefficient (Wildman–Crippen LogP) is 4.05. The molecule has 0 spiro atoms. The number of amides is 2. The molecule has 0 unspecified atom stereocenters. The number of halogens is 1. The maximum Gasteiger partial charge on any atom is 0.321 e. The minimum atomic E-state index is -0.0483. The molecule has 0 radical (unpaired) electrons. The number of rotatable bonds is 5. The fourth-order valence-electron chi connectivity index (χ4n) is 3.25. The number of nitrogens with one attached hydrogen (secondary N) is 1. The van der Waals surface area contributed by atoms with Gasteiger partial charge in [0.1, 0.15) is 5.75 Å². The summed E-state index contributed by atoms with van der Waals surface area (Å²) >= 11 is 5.97. The average molecular weight is 388 g/mol. The van der Waals surface area contributed by atoms with Crippen molar-refractivity contribution in [1.29, 1.82) is 0 Å². The van der Waals surface area contributed by atoms with E-state index in [2.05, 4.69) is 22.3 Å². The van der Waals surface area contributed by atoms with Crippen LogP contribution in [0.15, 0.2) is 42.5 Å². The molecule has 2 aromatic carbocycles. The first kappa shape index (κ1) is 19.5. The normalized spacial score (nSPS) is 14.9. The van der Waals surface area contributed by atoms with Crippen LogP contribution in [0.5, 0.6) is 5.75 Å². The van der Waals surface area contributed by atoms with E-state index in [0.717, 1.165) is 56.1 Å². The third kappa shape index (κ3) is 5.37. The Morgan fingerprint density at radius 1 is 1.15 bits per heavy atom. The number of anilines is 1. The Bertz CT molecular complexity index is 789. The van der Waals surface area contributed by atoms with Crippen LogP contribution in [0, 0.1) is 6.92 Å². The minimum absolute atomic E-state index is 0.0483. The van der Waals surface area contributed by atoms with Crippen molar-refractivity contribution in [1.82, 2.24) is 9.80 Å². The highest BCUT2D eigenvalue weighted by molar-refractivity contribution is 6.30. The van der Waals surface area contributed by atoms with Gasteiger partial charge in [0.25, 0.3) is 0 Å². The van der Waals surface area contributed by atoms with Gasteiger partial charge < -0.3 is 15.0 Å². The van der Waals surface area contributed by atoms with Crippen LogP contribution in [0.4, 0.5) is 10.5 Å². The summed E-state index contributed by atoms with van der Waals surface area (Å²) in [7, 11) is 1.69. The molecule has 1 aliphatic rings. The molecule has 2 aromatic rings. The third-order valence-corrected chi connectivity index (χ3v) is 5.18. The van der Waals surface area contributed by atoms with Gasteiger partial charge >= 0.3 is 6.03 Å². The second kappa shape index (κ2) is 9.11.